The Balaban J connectivity index is 2.44. The number of aromatic nitrogens is 2. The zero-order valence-electron chi connectivity index (χ0n) is 16.2. The molecule has 0 spiro atoms. The maximum Gasteiger partial charge on any atom is 0.416 e. The molecule has 1 aromatic carbocycles. The molecule has 170 valence electrons. The number of nitrogen functional groups attached to an aromatic ring is 1. The van der Waals surface area contributed by atoms with Crippen molar-refractivity contribution in [3.8, 4) is 5.75 Å². The third kappa shape index (κ3) is 5.09. The quantitative estimate of drug-likeness (QED) is 0.536. The summed E-state index contributed by atoms with van der Waals surface area (Å²) in [6.45, 7) is 0.693. The van der Waals surface area contributed by atoms with Gasteiger partial charge in [0.1, 0.15) is 17.1 Å². The summed E-state index contributed by atoms with van der Waals surface area (Å²) in [6.07, 6.45) is -9.77. The van der Waals surface area contributed by atoms with Gasteiger partial charge >= 0.3 is 18.0 Å². The van der Waals surface area contributed by atoms with E-state index < -0.39 is 64.2 Å². The predicted molar refractivity (Wildman–Crippen MR) is 96.9 cm³/mol. The van der Waals surface area contributed by atoms with Gasteiger partial charge in [0.25, 0.3) is 5.56 Å². The molecule has 1 heterocycles. The number of halogens is 6. The van der Waals surface area contributed by atoms with Crippen LogP contribution in [0.1, 0.15) is 34.8 Å². The Hall–Kier alpha value is -3.25. The van der Waals surface area contributed by atoms with Crippen LogP contribution >= 0.6 is 0 Å². The highest BCUT2D eigenvalue weighted by Gasteiger charge is 2.37. The molecule has 0 fully saturated rings. The number of Topliss-reactive ketones (excluding diaryl/α,β-unsaturated/α-hetero) is 1. The molecule has 0 aliphatic heterocycles. The molecular formula is C18H17F6N3O4. The van der Waals surface area contributed by atoms with Crippen molar-refractivity contribution in [1.29, 1.82) is 0 Å². The van der Waals surface area contributed by atoms with Gasteiger partial charge in [0, 0.05) is 13.6 Å². The molecule has 2 aromatic rings. The van der Waals surface area contributed by atoms with Crippen molar-refractivity contribution in [1.82, 2.24) is 9.13 Å². The average molecular weight is 453 g/mol. The SMILES string of the molecule is CCCn1c(N)c(C(=O)COc2cc(C(F)(F)F)cc(C(F)(F)F)c2)c(=O)n(C)c1=O. The minimum Gasteiger partial charge on any atom is -0.485 e. The molecule has 0 aliphatic rings. The molecule has 1 aromatic heterocycles. The number of carbonyl (C=O) groups excluding carboxylic acids is 1. The fourth-order valence-corrected chi connectivity index (χ4v) is 2.72. The minimum atomic E-state index is -5.10. The van der Waals surface area contributed by atoms with Crippen LogP contribution in [0.2, 0.25) is 0 Å². The van der Waals surface area contributed by atoms with Crippen LogP contribution in [-0.2, 0) is 25.9 Å². The molecule has 2 rings (SSSR count). The first-order valence-electron chi connectivity index (χ1n) is 8.73. The molecule has 31 heavy (non-hydrogen) atoms. The summed E-state index contributed by atoms with van der Waals surface area (Å²) in [6, 6.07) is 0.493. The maximum atomic E-state index is 12.9. The smallest absolute Gasteiger partial charge is 0.416 e. The van der Waals surface area contributed by atoms with Crippen LogP contribution < -0.4 is 21.7 Å². The average Bonchev–Trinajstić information content (AvgIpc) is 2.66. The van der Waals surface area contributed by atoms with Gasteiger partial charge < -0.3 is 10.5 Å². The van der Waals surface area contributed by atoms with E-state index >= 15 is 0 Å². The largest absolute Gasteiger partial charge is 0.485 e. The van der Waals surface area contributed by atoms with Gasteiger partial charge in [-0.25, -0.2) is 4.79 Å². The van der Waals surface area contributed by atoms with Gasteiger partial charge in [0.2, 0.25) is 5.78 Å². The number of nitrogens with two attached hydrogens (primary N) is 1. The number of ketones is 1. The van der Waals surface area contributed by atoms with Crippen LogP contribution in [0.5, 0.6) is 5.75 Å². The Kier molecular flexibility index (Phi) is 6.57. The lowest BCUT2D eigenvalue weighted by atomic mass is 10.1. The van der Waals surface area contributed by atoms with Crippen molar-refractivity contribution < 1.29 is 35.9 Å². The van der Waals surface area contributed by atoms with E-state index in [2.05, 4.69) is 0 Å². The van der Waals surface area contributed by atoms with Crippen molar-refractivity contribution in [2.75, 3.05) is 12.3 Å². The lowest BCUT2D eigenvalue weighted by Gasteiger charge is -2.16. The second kappa shape index (κ2) is 8.47. The maximum absolute atomic E-state index is 12.9. The number of carbonyl (C=O) groups is 1. The zero-order valence-corrected chi connectivity index (χ0v) is 16.2. The normalized spacial score (nSPS) is 12.1. The number of nitrogens with zero attached hydrogens (tertiary/aromatic N) is 2. The first-order chi connectivity index (χ1) is 14.2. The predicted octanol–water partition coefficient (Wildman–Crippen LogP) is 2.84. The summed E-state index contributed by atoms with van der Waals surface area (Å²) in [5.41, 5.74) is -0.0113. The standard InChI is InChI=1S/C18H17F6N3O4/c1-3-4-27-14(25)13(15(29)26(2)16(27)30)12(28)8-31-11-6-9(17(19,20)21)5-10(7-11)18(22,23)24/h5-7H,3-4,8,25H2,1-2H3. The van der Waals surface area contributed by atoms with E-state index in [0.717, 1.165) is 11.6 Å². The van der Waals surface area contributed by atoms with Crippen LogP contribution in [0.4, 0.5) is 32.2 Å². The van der Waals surface area contributed by atoms with Gasteiger partial charge in [0.05, 0.1) is 11.1 Å². The first kappa shape index (κ1) is 24.0. The third-order valence-electron chi connectivity index (χ3n) is 4.24. The van der Waals surface area contributed by atoms with Gasteiger partial charge in [-0.2, -0.15) is 26.3 Å². The monoisotopic (exact) mass is 453 g/mol. The van der Waals surface area contributed by atoms with E-state index in [-0.39, 0.29) is 12.6 Å². The minimum absolute atomic E-state index is 0.0719. The van der Waals surface area contributed by atoms with Crippen molar-refractivity contribution >= 4 is 11.6 Å². The highest BCUT2D eigenvalue weighted by molar-refractivity contribution is 6.00. The highest BCUT2D eigenvalue weighted by Crippen LogP contribution is 2.38. The molecule has 0 bridgehead atoms. The van der Waals surface area contributed by atoms with Crippen LogP contribution in [0.3, 0.4) is 0 Å². The molecule has 7 nitrogen and oxygen atoms in total. The van der Waals surface area contributed by atoms with Crippen molar-refractivity contribution in [2.24, 2.45) is 7.05 Å². The third-order valence-corrected chi connectivity index (χ3v) is 4.24. The topological polar surface area (TPSA) is 96.3 Å². The fourth-order valence-electron chi connectivity index (χ4n) is 2.72. The molecule has 0 unspecified atom stereocenters. The van der Waals surface area contributed by atoms with E-state index in [9.17, 15) is 40.7 Å². The van der Waals surface area contributed by atoms with E-state index in [1.165, 1.54) is 0 Å². The van der Waals surface area contributed by atoms with Gasteiger partial charge in [-0.1, -0.05) is 6.92 Å². The van der Waals surface area contributed by atoms with Crippen molar-refractivity contribution in [3.05, 3.63) is 55.7 Å². The Bertz CT molecular complexity index is 1080. The number of rotatable bonds is 6. The Morgan fingerprint density at radius 2 is 1.55 bits per heavy atom. The fraction of sp³-hybridized carbons (Fsp3) is 0.389. The summed E-state index contributed by atoms with van der Waals surface area (Å²) in [4.78, 5) is 36.9. The second-order valence-corrected chi connectivity index (χ2v) is 6.51. The van der Waals surface area contributed by atoms with Gasteiger partial charge in [-0.3, -0.25) is 18.7 Å². The molecule has 0 saturated heterocycles. The van der Waals surface area contributed by atoms with Crippen molar-refractivity contribution in [3.63, 3.8) is 0 Å². The highest BCUT2D eigenvalue weighted by atomic mass is 19.4. The summed E-state index contributed by atoms with van der Waals surface area (Å²) < 4.78 is 83.9. The Morgan fingerprint density at radius 3 is 2.00 bits per heavy atom. The molecule has 2 N–H and O–H groups in total. The summed E-state index contributed by atoms with van der Waals surface area (Å²) in [5.74, 6) is -2.47. The van der Waals surface area contributed by atoms with Crippen LogP contribution in [0.15, 0.2) is 27.8 Å². The molecule has 0 aliphatic carbocycles. The zero-order chi connectivity index (χ0) is 23.7. The van der Waals surface area contributed by atoms with Crippen molar-refractivity contribution in [2.45, 2.75) is 32.2 Å². The van der Waals surface area contributed by atoms with Gasteiger partial charge in [-0.05, 0) is 24.6 Å². The molecule has 13 heteroatoms. The van der Waals surface area contributed by atoms with E-state index in [1.54, 1.807) is 6.92 Å². The summed E-state index contributed by atoms with van der Waals surface area (Å²) >= 11 is 0. The van der Waals surface area contributed by atoms with E-state index in [1.807, 2.05) is 0 Å². The number of alkyl halides is 6. The second-order valence-electron chi connectivity index (χ2n) is 6.51. The van der Waals surface area contributed by atoms with Gasteiger partial charge in [-0.15, -0.1) is 0 Å². The molecular weight excluding hydrogens is 436 g/mol. The van der Waals surface area contributed by atoms with Crippen LogP contribution in [0.25, 0.3) is 0 Å². The number of ether oxygens (including phenoxy) is 1. The number of benzene rings is 1. The molecule has 0 radical (unpaired) electrons. The summed E-state index contributed by atoms with van der Waals surface area (Å²) in [5, 5.41) is 0. The lowest BCUT2D eigenvalue weighted by Crippen LogP contribution is -2.43. The number of hydrogen-bond acceptors (Lipinski definition) is 5. The van der Waals surface area contributed by atoms with E-state index in [0.29, 0.717) is 23.1 Å². The Labute approximate surface area is 170 Å². The van der Waals surface area contributed by atoms with Crippen LogP contribution in [0, 0.1) is 0 Å². The summed E-state index contributed by atoms with van der Waals surface area (Å²) in [7, 11) is 1.09. The van der Waals surface area contributed by atoms with Gasteiger partial charge in [0.15, 0.2) is 6.61 Å². The van der Waals surface area contributed by atoms with Crippen LogP contribution in [-0.4, -0.2) is 21.5 Å². The number of anilines is 1. The molecule has 0 atom stereocenters. The molecule has 0 amide bonds. The lowest BCUT2D eigenvalue weighted by molar-refractivity contribution is -0.143. The van der Waals surface area contributed by atoms with E-state index in [4.69, 9.17) is 10.5 Å². The number of hydrogen-bond donors (Lipinski definition) is 1. The first-order valence-corrected chi connectivity index (χ1v) is 8.73. The Morgan fingerprint density at radius 1 is 1.03 bits per heavy atom. The molecule has 0 saturated carbocycles.